The molecule has 5 heteroatoms. The van der Waals surface area contributed by atoms with E-state index < -0.39 is 0 Å². The van der Waals surface area contributed by atoms with E-state index >= 15 is 0 Å². The maximum Gasteiger partial charge on any atom is 0.227 e. The molecule has 2 heterocycles. The molecule has 5 nitrogen and oxygen atoms in total. The summed E-state index contributed by atoms with van der Waals surface area (Å²) in [5, 5.41) is 2.80. The van der Waals surface area contributed by atoms with E-state index in [4.69, 9.17) is 0 Å². The smallest absolute Gasteiger partial charge is 0.227 e. The van der Waals surface area contributed by atoms with Crippen molar-refractivity contribution in [3.8, 4) is 0 Å². The predicted molar refractivity (Wildman–Crippen MR) is 73.6 cm³/mol. The van der Waals surface area contributed by atoms with E-state index in [0.717, 1.165) is 32.6 Å². The Kier molecular flexibility index (Phi) is 4.80. The van der Waals surface area contributed by atoms with Gasteiger partial charge in [-0.05, 0) is 25.9 Å². The van der Waals surface area contributed by atoms with Crippen molar-refractivity contribution >= 4 is 11.8 Å². The quantitative estimate of drug-likeness (QED) is 0.805. The van der Waals surface area contributed by atoms with Gasteiger partial charge >= 0.3 is 0 Å². The number of likely N-dealkylation sites (tertiary alicyclic amines) is 1. The molecule has 2 aliphatic heterocycles. The summed E-state index contributed by atoms with van der Waals surface area (Å²) in [6.07, 6.45) is 2.27. The lowest BCUT2D eigenvalue weighted by molar-refractivity contribution is -0.136. The highest BCUT2D eigenvalue weighted by Gasteiger charge is 2.34. The third-order valence-electron chi connectivity index (χ3n) is 4.42. The fourth-order valence-electron chi connectivity index (χ4n) is 3.18. The second-order valence-corrected chi connectivity index (χ2v) is 5.49. The van der Waals surface area contributed by atoms with Crippen LogP contribution in [0.4, 0.5) is 0 Å². The summed E-state index contributed by atoms with van der Waals surface area (Å²) in [6.45, 7) is 8.67. The van der Waals surface area contributed by atoms with E-state index in [2.05, 4.69) is 24.1 Å². The first-order valence-electron chi connectivity index (χ1n) is 7.45. The lowest BCUT2D eigenvalue weighted by Crippen LogP contribution is -2.45. The van der Waals surface area contributed by atoms with Crippen molar-refractivity contribution in [3.05, 3.63) is 0 Å². The molecule has 0 aromatic carbocycles. The Hall–Kier alpha value is -1.10. The average molecular weight is 267 g/mol. The molecule has 0 aromatic rings. The molecule has 19 heavy (non-hydrogen) atoms. The van der Waals surface area contributed by atoms with Gasteiger partial charge in [-0.2, -0.15) is 0 Å². The minimum absolute atomic E-state index is 0.00634. The third-order valence-corrected chi connectivity index (χ3v) is 4.42. The molecule has 0 aliphatic carbocycles. The van der Waals surface area contributed by atoms with Crippen LogP contribution in [0, 0.1) is 5.92 Å². The Balaban J connectivity index is 1.86. The summed E-state index contributed by atoms with van der Waals surface area (Å²) in [6, 6.07) is 0.511. The van der Waals surface area contributed by atoms with Gasteiger partial charge in [-0.1, -0.05) is 13.8 Å². The number of amides is 2. The van der Waals surface area contributed by atoms with E-state index in [1.54, 1.807) is 0 Å². The van der Waals surface area contributed by atoms with E-state index in [1.807, 2.05) is 4.90 Å². The monoisotopic (exact) mass is 267 g/mol. The van der Waals surface area contributed by atoms with Gasteiger partial charge in [0.25, 0.3) is 0 Å². The van der Waals surface area contributed by atoms with Gasteiger partial charge in [0.15, 0.2) is 0 Å². The van der Waals surface area contributed by atoms with Crippen LogP contribution in [0.5, 0.6) is 0 Å². The van der Waals surface area contributed by atoms with Crippen molar-refractivity contribution in [2.24, 2.45) is 5.92 Å². The van der Waals surface area contributed by atoms with Crippen LogP contribution in [0.25, 0.3) is 0 Å². The first-order valence-corrected chi connectivity index (χ1v) is 7.45. The van der Waals surface area contributed by atoms with Crippen LogP contribution in [0.1, 0.15) is 33.1 Å². The molecule has 0 radical (unpaired) electrons. The lowest BCUT2D eigenvalue weighted by Gasteiger charge is -2.28. The molecule has 2 saturated heterocycles. The summed E-state index contributed by atoms with van der Waals surface area (Å²) in [4.78, 5) is 28.0. The number of rotatable bonds is 4. The van der Waals surface area contributed by atoms with Gasteiger partial charge in [-0.15, -0.1) is 0 Å². The normalized spacial score (nSPS) is 27.7. The molecule has 1 N–H and O–H groups in total. The summed E-state index contributed by atoms with van der Waals surface area (Å²) in [5.74, 6) is 0.300. The topological polar surface area (TPSA) is 52.7 Å². The SMILES string of the molecule is CCN(CC)C1CCN(C(=O)C2CCC(=O)NC2)C1. The highest BCUT2D eigenvalue weighted by molar-refractivity contribution is 5.84. The van der Waals surface area contributed by atoms with Crippen LogP contribution in [0.15, 0.2) is 0 Å². The first-order chi connectivity index (χ1) is 9.15. The molecule has 0 spiro atoms. The number of nitrogens with zero attached hydrogens (tertiary/aromatic N) is 2. The Morgan fingerprint density at radius 3 is 2.68 bits per heavy atom. The first kappa shape index (κ1) is 14.3. The third kappa shape index (κ3) is 3.26. The van der Waals surface area contributed by atoms with Crippen molar-refractivity contribution in [2.45, 2.75) is 39.2 Å². The van der Waals surface area contributed by atoms with Gasteiger partial charge in [-0.3, -0.25) is 14.5 Å². The minimum Gasteiger partial charge on any atom is -0.355 e. The zero-order valence-corrected chi connectivity index (χ0v) is 12.0. The second-order valence-electron chi connectivity index (χ2n) is 5.49. The maximum atomic E-state index is 12.4. The molecule has 0 bridgehead atoms. The molecular formula is C14H25N3O2. The van der Waals surface area contributed by atoms with Crippen molar-refractivity contribution in [1.29, 1.82) is 0 Å². The van der Waals surface area contributed by atoms with E-state index in [-0.39, 0.29) is 17.7 Å². The summed E-state index contributed by atoms with van der Waals surface area (Å²) in [5.41, 5.74) is 0. The maximum absolute atomic E-state index is 12.4. The fourth-order valence-corrected chi connectivity index (χ4v) is 3.18. The molecule has 2 amide bonds. The molecule has 2 unspecified atom stereocenters. The largest absolute Gasteiger partial charge is 0.355 e. The van der Waals surface area contributed by atoms with Crippen molar-refractivity contribution in [1.82, 2.24) is 15.1 Å². The van der Waals surface area contributed by atoms with Crippen molar-refractivity contribution in [2.75, 3.05) is 32.7 Å². The van der Waals surface area contributed by atoms with Crippen molar-refractivity contribution < 1.29 is 9.59 Å². The molecule has 2 atom stereocenters. The number of carbonyl (C=O) groups excluding carboxylic acids is 2. The molecule has 2 rings (SSSR count). The zero-order valence-electron chi connectivity index (χ0n) is 12.0. The Bertz CT molecular complexity index is 332. The van der Waals surface area contributed by atoms with Crippen LogP contribution in [-0.2, 0) is 9.59 Å². The van der Waals surface area contributed by atoms with E-state index in [0.29, 0.717) is 25.4 Å². The highest BCUT2D eigenvalue weighted by atomic mass is 16.2. The van der Waals surface area contributed by atoms with Crippen LogP contribution < -0.4 is 5.32 Å². The summed E-state index contributed by atoms with van der Waals surface area (Å²) in [7, 11) is 0. The van der Waals surface area contributed by atoms with Crippen LogP contribution >= 0.6 is 0 Å². The van der Waals surface area contributed by atoms with Gasteiger partial charge < -0.3 is 10.2 Å². The molecule has 0 saturated carbocycles. The number of piperidine rings is 1. The molecule has 0 aromatic heterocycles. The highest BCUT2D eigenvalue weighted by Crippen LogP contribution is 2.20. The summed E-state index contributed by atoms with van der Waals surface area (Å²) >= 11 is 0. The molecular weight excluding hydrogens is 242 g/mol. The van der Waals surface area contributed by atoms with Gasteiger partial charge in [0.2, 0.25) is 11.8 Å². The summed E-state index contributed by atoms with van der Waals surface area (Å²) < 4.78 is 0. The van der Waals surface area contributed by atoms with E-state index in [1.165, 1.54) is 0 Å². The van der Waals surface area contributed by atoms with Crippen LogP contribution in [0.3, 0.4) is 0 Å². The van der Waals surface area contributed by atoms with Gasteiger partial charge in [0, 0.05) is 32.1 Å². The van der Waals surface area contributed by atoms with Crippen LogP contribution in [-0.4, -0.2) is 60.4 Å². The van der Waals surface area contributed by atoms with Gasteiger partial charge in [-0.25, -0.2) is 0 Å². The zero-order chi connectivity index (χ0) is 13.8. The second kappa shape index (κ2) is 6.37. The number of hydrogen-bond acceptors (Lipinski definition) is 3. The fraction of sp³-hybridized carbons (Fsp3) is 0.857. The van der Waals surface area contributed by atoms with E-state index in [9.17, 15) is 9.59 Å². The molecule has 2 aliphatic rings. The number of likely N-dealkylation sites (N-methyl/N-ethyl adjacent to an activating group) is 1. The number of nitrogens with one attached hydrogen (secondary N) is 1. The minimum atomic E-state index is -0.00634. The number of hydrogen-bond donors (Lipinski definition) is 1. The Morgan fingerprint density at radius 1 is 1.37 bits per heavy atom. The molecule has 108 valence electrons. The van der Waals surface area contributed by atoms with Crippen molar-refractivity contribution in [3.63, 3.8) is 0 Å². The van der Waals surface area contributed by atoms with Gasteiger partial charge in [0.1, 0.15) is 0 Å². The number of carbonyl (C=O) groups is 2. The van der Waals surface area contributed by atoms with Crippen LogP contribution in [0.2, 0.25) is 0 Å². The van der Waals surface area contributed by atoms with Gasteiger partial charge in [0.05, 0.1) is 5.92 Å². The standard InChI is InChI=1S/C14H25N3O2/c1-3-16(4-2)12-7-8-17(10-12)14(19)11-5-6-13(18)15-9-11/h11-12H,3-10H2,1-2H3,(H,15,18). The Morgan fingerprint density at radius 2 is 2.11 bits per heavy atom. The Labute approximate surface area is 115 Å². The lowest BCUT2D eigenvalue weighted by atomic mass is 9.98. The molecule has 2 fully saturated rings. The predicted octanol–water partition coefficient (Wildman–Crippen LogP) is 0.455. The average Bonchev–Trinajstić information content (AvgIpc) is 2.90.